The van der Waals surface area contributed by atoms with Crippen molar-refractivity contribution in [3.63, 3.8) is 0 Å². The molecule has 1 amide bonds. The van der Waals surface area contributed by atoms with Crippen LogP contribution in [0.5, 0.6) is 0 Å². The van der Waals surface area contributed by atoms with E-state index in [1.807, 2.05) is 20.8 Å². The van der Waals surface area contributed by atoms with Gasteiger partial charge in [0.15, 0.2) is 5.84 Å². The first-order chi connectivity index (χ1) is 11.5. The second kappa shape index (κ2) is 10.1. The molecule has 134 valence electrons. The summed E-state index contributed by atoms with van der Waals surface area (Å²) in [6, 6.07) is 0. The normalized spacial score (nSPS) is 20.4. The van der Waals surface area contributed by atoms with Crippen LogP contribution in [0.25, 0.3) is 0 Å². The van der Waals surface area contributed by atoms with Gasteiger partial charge in [0.2, 0.25) is 0 Å². The fourth-order valence-electron chi connectivity index (χ4n) is 3.16. The summed E-state index contributed by atoms with van der Waals surface area (Å²) in [6.07, 6.45) is 7.91. The van der Waals surface area contributed by atoms with Crippen LogP contribution in [0.15, 0.2) is 41.1 Å². The van der Waals surface area contributed by atoms with E-state index in [2.05, 4.69) is 23.5 Å². The number of aliphatic imine (C=N–C) groups is 1. The van der Waals surface area contributed by atoms with E-state index in [0.717, 1.165) is 23.4 Å². The molecule has 0 atom stereocenters. The summed E-state index contributed by atoms with van der Waals surface area (Å²) < 4.78 is 0. The molecule has 2 N–H and O–H groups in total. The van der Waals surface area contributed by atoms with Crippen molar-refractivity contribution >= 4 is 11.7 Å². The van der Waals surface area contributed by atoms with Crippen LogP contribution < -0.4 is 5.32 Å². The van der Waals surface area contributed by atoms with Gasteiger partial charge < -0.3 is 5.32 Å². The second-order valence-corrected chi connectivity index (χ2v) is 6.27. The van der Waals surface area contributed by atoms with E-state index in [1.165, 1.54) is 38.2 Å². The molecular weight excluding hydrogens is 302 g/mol. The molecule has 5 nitrogen and oxygen atoms in total. The molecule has 2 rings (SSSR count). The molecule has 0 aromatic rings. The molecule has 0 saturated heterocycles. The van der Waals surface area contributed by atoms with Crippen LogP contribution in [-0.4, -0.2) is 35.1 Å². The number of hydroxylamine groups is 2. The van der Waals surface area contributed by atoms with Crippen molar-refractivity contribution < 1.29 is 10.0 Å². The van der Waals surface area contributed by atoms with Crippen LogP contribution in [0.4, 0.5) is 0 Å². The highest BCUT2D eigenvalue weighted by molar-refractivity contribution is 6.15. The molecule has 1 aliphatic carbocycles. The van der Waals surface area contributed by atoms with Crippen LogP contribution in [0.3, 0.4) is 0 Å². The molecule has 2 aliphatic rings. The van der Waals surface area contributed by atoms with Crippen molar-refractivity contribution in [3.05, 3.63) is 36.1 Å². The summed E-state index contributed by atoms with van der Waals surface area (Å²) in [5.74, 6) is 0.575. The Labute approximate surface area is 145 Å². The van der Waals surface area contributed by atoms with Crippen molar-refractivity contribution in [2.75, 3.05) is 13.1 Å². The number of hydrogen-bond donors (Lipinski definition) is 2. The Morgan fingerprint density at radius 1 is 1.33 bits per heavy atom. The molecule has 0 unspecified atom stereocenters. The van der Waals surface area contributed by atoms with Gasteiger partial charge in [-0.15, -0.1) is 13.2 Å². The van der Waals surface area contributed by atoms with E-state index in [4.69, 9.17) is 0 Å². The Morgan fingerprint density at radius 2 is 1.96 bits per heavy atom. The van der Waals surface area contributed by atoms with E-state index in [9.17, 15) is 10.0 Å². The molecule has 24 heavy (non-hydrogen) atoms. The van der Waals surface area contributed by atoms with Gasteiger partial charge in [0.25, 0.3) is 5.91 Å². The maximum Gasteiger partial charge on any atom is 0.278 e. The van der Waals surface area contributed by atoms with E-state index in [1.54, 1.807) is 0 Å². The molecule has 0 radical (unpaired) electrons. The van der Waals surface area contributed by atoms with E-state index < -0.39 is 5.91 Å². The summed E-state index contributed by atoms with van der Waals surface area (Å²) in [7, 11) is 0. The molecule has 0 bridgehead atoms. The van der Waals surface area contributed by atoms with Crippen LogP contribution in [-0.2, 0) is 4.79 Å². The zero-order chi connectivity index (χ0) is 18.1. The number of nitrogens with one attached hydrogen (secondary N) is 1. The predicted octanol–water partition coefficient (Wildman–Crippen LogP) is 3.83. The average Bonchev–Trinajstić information content (AvgIpc) is 2.59. The van der Waals surface area contributed by atoms with Crippen molar-refractivity contribution in [3.8, 4) is 0 Å². The average molecular weight is 333 g/mol. The largest absolute Gasteiger partial charge is 0.384 e. The van der Waals surface area contributed by atoms with Crippen molar-refractivity contribution in [2.24, 2.45) is 10.9 Å². The zero-order valence-electron chi connectivity index (χ0n) is 15.3. The summed E-state index contributed by atoms with van der Waals surface area (Å²) in [5, 5.41) is 14.0. The Bertz CT molecular complexity index is 525. The summed E-state index contributed by atoms with van der Waals surface area (Å²) in [4.78, 5) is 16.3. The third-order valence-electron chi connectivity index (χ3n) is 4.28. The van der Waals surface area contributed by atoms with Crippen LogP contribution >= 0.6 is 0 Å². The maximum absolute atomic E-state index is 12.0. The van der Waals surface area contributed by atoms with Gasteiger partial charge in [-0.05, 0) is 39.5 Å². The predicted molar refractivity (Wildman–Crippen MR) is 98.9 cm³/mol. The Balaban J connectivity index is 0.00000139. The Kier molecular flexibility index (Phi) is 8.47. The van der Waals surface area contributed by atoms with Gasteiger partial charge in [0.1, 0.15) is 0 Å². The lowest BCUT2D eigenvalue weighted by molar-refractivity contribution is -0.143. The van der Waals surface area contributed by atoms with Gasteiger partial charge in [0, 0.05) is 24.7 Å². The lowest BCUT2D eigenvalue weighted by Crippen LogP contribution is -2.41. The Morgan fingerprint density at radius 3 is 2.50 bits per heavy atom. The molecule has 5 heteroatoms. The standard InChI is InChI=1S/C17H27N3O2.C2H4/c1-4-18-17-16(12(2)3)14(10-15(21)20(17)22)19-11-13-8-6-5-7-9-13;1-2/h10,13,19,22H,4-9,11H2,1-3H3;1-2H2. The fraction of sp³-hybridized carbons (Fsp3) is 0.579. The van der Waals surface area contributed by atoms with Gasteiger partial charge >= 0.3 is 0 Å². The first kappa shape index (κ1) is 20.2. The summed E-state index contributed by atoms with van der Waals surface area (Å²) in [5.41, 5.74) is 2.65. The molecule has 1 fully saturated rings. The van der Waals surface area contributed by atoms with E-state index in [0.29, 0.717) is 23.4 Å². The van der Waals surface area contributed by atoms with E-state index >= 15 is 0 Å². The summed E-state index contributed by atoms with van der Waals surface area (Å²) in [6.45, 7) is 13.2. The minimum Gasteiger partial charge on any atom is -0.384 e. The fourth-order valence-corrected chi connectivity index (χ4v) is 3.16. The lowest BCUT2D eigenvalue weighted by atomic mass is 9.89. The zero-order valence-corrected chi connectivity index (χ0v) is 15.3. The number of carbonyl (C=O) groups excluding carboxylic acids is 1. The lowest BCUT2D eigenvalue weighted by Gasteiger charge is -2.29. The highest BCUT2D eigenvalue weighted by atomic mass is 16.5. The smallest absolute Gasteiger partial charge is 0.278 e. The first-order valence-electron chi connectivity index (χ1n) is 8.75. The number of carbonyl (C=O) groups is 1. The number of rotatable bonds is 4. The van der Waals surface area contributed by atoms with Crippen LogP contribution in [0.1, 0.15) is 52.9 Å². The molecule has 0 aromatic carbocycles. The molecule has 0 aromatic heterocycles. The number of amides is 1. The topological polar surface area (TPSA) is 64.9 Å². The highest BCUT2D eigenvalue weighted by Gasteiger charge is 2.29. The summed E-state index contributed by atoms with van der Waals surface area (Å²) >= 11 is 0. The van der Waals surface area contributed by atoms with Gasteiger partial charge in [-0.3, -0.25) is 15.0 Å². The molecule has 1 saturated carbocycles. The third-order valence-corrected chi connectivity index (χ3v) is 4.28. The van der Waals surface area contributed by atoms with Crippen LogP contribution in [0, 0.1) is 5.92 Å². The van der Waals surface area contributed by atoms with Gasteiger partial charge in [0.05, 0.1) is 5.70 Å². The molecular formula is C19H31N3O2. The minimum atomic E-state index is -0.441. The number of nitrogens with zero attached hydrogens (tertiary/aromatic N) is 2. The van der Waals surface area contributed by atoms with Gasteiger partial charge in [-0.25, -0.2) is 0 Å². The molecule has 0 spiro atoms. The van der Waals surface area contributed by atoms with Gasteiger partial charge in [-0.2, -0.15) is 5.06 Å². The highest BCUT2D eigenvalue weighted by Crippen LogP contribution is 2.25. The van der Waals surface area contributed by atoms with E-state index in [-0.39, 0.29) is 0 Å². The quantitative estimate of drug-likeness (QED) is 0.607. The third kappa shape index (κ3) is 5.06. The SMILES string of the molecule is C=C.CCN=C1C(=C(C)C)C(NCC2CCCCC2)=CC(=O)N1O. The Hall–Kier alpha value is -1.88. The number of hydrogen-bond acceptors (Lipinski definition) is 4. The first-order valence-corrected chi connectivity index (χ1v) is 8.75. The second-order valence-electron chi connectivity index (χ2n) is 6.27. The number of amidine groups is 1. The van der Waals surface area contributed by atoms with Crippen molar-refractivity contribution in [2.45, 2.75) is 52.9 Å². The van der Waals surface area contributed by atoms with Crippen molar-refractivity contribution in [1.82, 2.24) is 10.4 Å². The minimum absolute atomic E-state index is 0.348. The van der Waals surface area contributed by atoms with Crippen LogP contribution in [0.2, 0.25) is 0 Å². The molecule has 1 aliphatic heterocycles. The maximum atomic E-state index is 12.0. The monoisotopic (exact) mass is 333 g/mol. The molecule has 1 heterocycles. The number of allylic oxidation sites excluding steroid dienone is 1. The van der Waals surface area contributed by atoms with Gasteiger partial charge in [-0.1, -0.05) is 24.8 Å². The van der Waals surface area contributed by atoms with Crippen molar-refractivity contribution in [1.29, 1.82) is 0 Å².